The van der Waals surface area contributed by atoms with Crippen LogP contribution in [0.2, 0.25) is 0 Å². The molecule has 3 heteroatoms. The molecular formula is C16H24O3. The van der Waals surface area contributed by atoms with E-state index in [1.807, 2.05) is 39.8 Å². The molecule has 0 N–H and O–H groups in total. The van der Waals surface area contributed by atoms with E-state index in [0.717, 1.165) is 24.2 Å². The van der Waals surface area contributed by atoms with Gasteiger partial charge >= 0.3 is 11.5 Å². The van der Waals surface area contributed by atoms with E-state index < -0.39 is 6.10 Å². The fourth-order valence-electron chi connectivity index (χ4n) is 1.94. The molecule has 0 aromatic carbocycles. The molecule has 0 fully saturated rings. The average Bonchev–Trinajstić information content (AvgIpc) is 2.64. The van der Waals surface area contributed by atoms with Crippen LogP contribution in [0.1, 0.15) is 53.9 Å². The third-order valence-electron chi connectivity index (χ3n) is 3.24. The van der Waals surface area contributed by atoms with E-state index in [0.29, 0.717) is 12.2 Å². The van der Waals surface area contributed by atoms with E-state index in [9.17, 15) is 9.90 Å². The van der Waals surface area contributed by atoms with E-state index in [1.165, 1.54) is 6.92 Å². The Morgan fingerprint density at radius 3 is 2.58 bits per heavy atom. The fraction of sp³-hybridized carbons (Fsp3) is 0.625. The van der Waals surface area contributed by atoms with Crippen LogP contribution in [0.3, 0.4) is 0 Å². The maximum Gasteiger partial charge on any atom is 0.398 e. The number of unbranched alkanes of at least 4 members (excludes halogenated alkanes) is 1. The number of hydrogen-bond donors (Lipinski definition) is 0. The molecule has 0 aromatic rings. The number of ketones is 2. The van der Waals surface area contributed by atoms with Crippen molar-refractivity contribution in [3.8, 4) is 0 Å². The van der Waals surface area contributed by atoms with Gasteiger partial charge in [-0.05, 0) is 13.3 Å². The summed E-state index contributed by atoms with van der Waals surface area (Å²) >= 11 is 0. The summed E-state index contributed by atoms with van der Waals surface area (Å²) in [6.07, 6.45) is 5.61. The minimum absolute atomic E-state index is 0.0514. The molecule has 106 valence electrons. The summed E-state index contributed by atoms with van der Waals surface area (Å²) in [5, 5.41) is 11.8. The summed E-state index contributed by atoms with van der Waals surface area (Å²) in [5.41, 5.74) is 0.693. The molecule has 0 aromatic heterocycles. The zero-order chi connectivity index (χ0) is 14.6. The van der Waals surface area contributed by atoms with Crippen LogP contribution in [0.5, 0.6) is 0 Å². The van der Waals surface area contributed by atoms with Crippen molar-refractivity contribution in [2.75, 3.05) is 0 Å². The summed E-state index contributed by atoms with van der Waals surface area (Å²) in [5.74, 6) is 1.10. The van der Waals surface area contributed by atoms with Gasteiger partial charge in [0.1, 0.15) is 0 Å². The SMILES string of the molecule is CC(=O)C1=[O+]/C(=C/CCCC([O-])C(C)(C)C)C=C1C. The molecule has 0 radical (unpaired) electrons. The predicted molar refractivity (Wildman–Crippen MR) is 74.6 cm³/mol. The summed E-state index contributed by atoms with van der Waals surface area (Å²) < 4.78 is 5.47. The lowest BCUT2D eigenvalue weighted by Gasteiger charge is -2.36. The minimum Gasteiger partial charge on any atom is -0.852 e. The molecule has 0 saturated heterocycles. The minimum atomic E-state index is -0.535. The topological polar surface area (TPSA) is 51.4 Å². The van der Waals surface area contributed by atoms with Crippen LogP contribution in [0, 0.1) is 5.41 Å². The molecule has 1 atom stereocenters. The Morgan fingerprint density at radius 2 is 2.11 bits per heavy atom. The average molecular weight is 264 g/mol. The van der Waals surface area contributed by atoms with E-state index in [1.54, 1.807) is 0 Å². The lowest BCUT2D eigenvalue weighted by atomic mass is 9.86. The van der Waals surface area contributed by atoms with Crippen LogP contribution in [-0.2, 0) is 9.22 Å². The lowest BCUT2D eigenvalue weighted by Crippen LogP contribution is -2.38. The third-order valence-corrected chi connectivity index (χ3v) is 3.24. The van der Waals surface area contributed by atoms with Gasteiger partial charge in [0.2, 0.25) is 0 Å². The number of carbonyl (C=O) groups excluding carboxylic acids is 2. The standard InChI is InChI=1S/C16H24O3/c1-11-10-13(19-15(11)12(2)17)8-6-7-9-14(18)16(3,4)5/h8,10,14H,6-7,9H2,1-5H3/b13-8+. The number of Topliss-reactive ketones (excluding diaryl/α,β-unsaturated/α-hetero) is 1. The summed E-state index contributed by atoms with van der Waals surface area (Å²) in [4.78, 5) is 11.3. The highest BCUT2D eigenvalue weighted by molar-refractivity contribution is 6.43. The van der Waals surface area contributed by atoms with Gasteiger partial charge in [0.15, 0.2) is 0 Å². The van der Waals surface area contributed by atoms with Gasteiger partial charge in [-0.25, -0.2) is 4.42 Å². The van der Waals surface area contributed by atoms with Crippen LogP contribution >= 0.6 is 0 Å². The van der Waals surface area contributed by atoms with Crippen molar-refractivity contribution < 1.29 is 14.3 Å². The van der Waals surface area contributed by atoms with E-state index in [-0.39, 0.29) is 11.2 Å². The van der Waals surface area contributed by atoms with Crippen molar-refractivity contribution in [2.24, 2.45) is 5.41 Å². The normalized spacial score (nSPS) is 19.4. The van der Waals surface area contributed by atoms with Crippen LogP contribution in [0.15, 0.2) is 23.5 Å². The second-order valence-electron chi connectivity index (χ2n) is 6.21. The maximum absolute atomic E-state index is 11.8. The molecule has 1 aliphatic rings. The molecule has 19 heavy (non-hydrogen) atoms. The Balaban J connectivity index is 2.46. The smallest absolute Gasteiger partial charge is 0.398 e. The van der Waals surface area contributed by atoms with Crippen LogP contribution in [0.4, 0.5) is 0 Å². The Labute approximate surface area is 115 Å². The van der Waals surface area contributed by atoms with Crippen LogP contribution < -0.4 is 5.11 Å². The highest BCUT2D eigenvalue weighted by atomic mass is 16.4. The van der Waals surface area contributed by atoms with Gasteiger partial charge in [0.05, 0.1) is 11.6 Å². The number of hydrogen-bond acceptors (Lipinski definition) is 2. The van der Waals surface area contributed by atoms with Crippen molar-refractivity contribution in [1.82, 2.24) is 0 Å². The maximum atomic E-state index is 11.8. The highest BCUT2D eigenvalue weighted by Gasteiger charge is 2.29. The monoisotopic (exact) mass is 264 g/mol. The van der Waals surface area contributed by atoms with Gasteiger partial charge in [-0.15, -0.1) is 6.10 Å². The van der Waals surface area contributed by atoms with Crippen molar-refractivity contribution in [2.45, 2.75) is 60.0 Å². The number of carbonyl (C=O) groups is 1. The first-order chi connectivity index (χ1) is 8.71. The summed E-state index contributed by atoms with van der Waals surface area (Å²) in [7, 11) is 0. The first-order valence-electron chi connectivity index (χ1n) is 6.82. The van der Waals surface area contributed by atoms with Crippen molar-refractivity contribution in [3.63, 3.8) is 0 Å². The first kappa shape index (κ1) is 15.8. The molecule has 0 spiro atoms. The zero-order valence-electron chi connectivity index (χ0n) is 12.6. The van der Waals surface area contributed by atoms with E-state index in [2.05, 4.69) is 0 Å². The molecule has 1 unspecified atom stereocenters. The summed E-state index contributed by atoms with van der Waals surface area (Å²) in [6, 6.07) is 0. The fourth-order valence-corrected chi connectivity index (χ4v) is 1.94. The van der Waals surface area contributed by atoms with Crippen LogP contribution in [0.25, 0.3) is 0 Å². The third kappa shape index (κ3) is 4.75. The molecule has 1 heterocycles. The molecule has 0 bridgehead atoms. The van der Waals surface area contributed by atoms with Crippen molar-refractivity contribution in [3.05, 3.63) is 23.5 Å². The Kier molecular flexibility index (Phi) is 5.24. The van der Waals surface area contributed by atoms with Gasteiger partial charge in [0.25, 0.3) is 5.78 Å². The molecule has 3 nitrogen and oxygen atoms in total. The van der Waals surface area contributed by atoms with E-state index >= 15 is 0 Å². The quantitative estimate of drug-likeness (QED) is 0.435. The lowest BCUT2D eigenvalue weighted by molar-refractivity contribution is -0.445. The van der Waals surface area contributed by atoms with Gasteiger partial charge in [0, 0.05) is 13.0 Å². The van der Waals surface area contributed by atoms with Crippen LogP contribution in [-0.4, -0.2) is 17.7 Å². The van der Waals surface area contributed by atoms with Gasteiger partial charge in [-0.1, -0.05) is 39.0 Å². The number of rotatable bonds is 5. The van der Waals surface area contributed by atoms with Gasteiger partial charge in [-0.3, -0.25) is 4.79 Å². The Morgan fingerprint density at radius 1 is 1.47 bits per heavy atom. The van der Waals surface area contributed by atoms with E-state index in [4.69, 9.17) is 4.42 Å². The summed E-state index contributed by atoms with van der Waals surface area (Å²) in [6.45, 7) is 9.29. The molecule has 0 aliphatic carbocycles. The highest BCUT2D eigenvalue weighted by Crippen LogP contribution is 2.21. The molecule has 1 rings (SSSR count). The number of allylic oxidation sites excluding steroid dienone is 3. The second-order valence-corrected chi connectivity index (χ2v) is 6.21. The Bertz CT molecular complexity index is 433. The molecule has 1 aliphatic heterocycles. The second kappa shape index (κ2) is 6.29. The van der Waals surface area contributed by atoms with Crippen molar-refractivity contribution >= 4 is 11.6 Å². The largest absolute Gasteiger partial charge is 0.852 e. The predicted octanol–water partition coefficient (Wildman–Crippen LogP) is 2.47. The zero-order valence-corrected chi connectivity index (χ0v) is 12.6. The van der Waals surface area contributed by atoms with Gasteiger partial charge in [-0.2, -0.15) is 0 Å². The molecule has 0 saturated carbocycles. The Hall–Kier alpha value is -1.22. The molecule has 0 amide bonds. The first-order valence-corrected chi connectivity index (χ1v) is 6.82. The van der Waals surface area contributed by atoms with Gasteiger partial charge < -0.3 is 5.11 Å². The van der Waals surface area contributed by atoms with Crippen molar-refractivity contribution in [1.29, 1.82) is 0 Å². The molecular weight excluding hydrogens is 240 g/mol.